The maximum Gasteiger partial charge on any atom is 0.323 e. The molecule has 0 atom stereocenters. The Balaban J connectivity index is 1.87. The number of nitrogens with zero attached hydrogens (tertiary/aromatic N) is 4. The van der Waals surface area contributed by atoms with Crippen LogP contribution < -0.4 is 5.32 Å². The van der Waals surface area contributed by atoms with Crippen LogP contribution in [0.15, 0.2) is 12.3 Å². The first-order valence-electron chi connectivity index (χ1n) is 6.60. The monoisotopic (exact) mass is 287 g/mol. The van der Waals surface area contributed by atoms with Gasteiger partial charge in [0.1, 0.15) is 5.82 Å². The number of amides is 2. The molecule has 112 valence electrons. The van der Waals surface area contributed by atoms with Crippen molar-refractivity contribution in [1.29, 1.82) is 0 Å². The molecule has 6 nitrogen and oxygen atoms in total. The first kappa shape index (κ1) is 14.7. The maximum atomic E-state index is 12.4. The van der Waals surface area contributed by atoms with Crippen LogP contribution in [0.3, 0.4) is 0 Å². The molecule has 0 saturated carbocycles. The highest BCUT2D eigenvalue weighted by molar-refractivity contribution is 5.88. The van der Waals surface area contributed by atoms with Crippen molar-refractivity contribution in [1.82, 2.24) is 19.6 Å². The lowest BCUT2D eigenvalue weighted by Gasteiger charge is -2.22. The van der Waals surface area contributed by atoms with Gasteiger partial charge in [-0.25, -0.2) is 13.6 Å². The summed E-state index contributed by atoms with van der Waals surface area (Å²) in [7, 11) is 1.74. The minimum Gasteiger partial charge on any atom is -0.323 e. The van der Waals surface area contributed by atoms with Gasteiger partial charge in [-0.1, -0.05) is 0 Å². The van der Waals surface area contributed by atoms with Crippen molar-refractivity contribution in [2.45, 2.75) is 12.8 Å². The molecule has 20 heavy (non-hydrogen) atoms. The van der Waals surface area contributed by atoms with Crippen molar-refractivity contribution in [3.8, 4) is 0 Å². The smallest absolute Gasteiger partial charge is 0.323 e. The highest BCUT2D eigenvalue weighted by Gasteiger charge is 2.21. The zero-order chi connectivity index (χ0) is 14.5. The largest absolute Gasteiger partial charge is 0.323 e. The second-order valence-corrected chi connectivity index (χ2v) is 4.80. The Morgan fingerprint density at radius 2 is 2.20 bits per heavy atom. The van der Waals surface area contributed by atoms with Crippen molar-refractivity contribution in [3.05, 3.63) is 12.3 Å². The molecule has 0 aromatic carbocycles. The van der Waals surface area contributed by atoms with Gasteiger partial charge in [0, 0.05) is 39.3 Å². The number of nitrogens with one attached hydrogen (secondary N) is 1. The molecule has 2 heterocycles. The van der Waals surface area contributed by atoms with E-state index in [1.807, 2.05) is 0 Å². The lowest BCUT2D eigenvalue weighted by molar-refractivity contribution is 0.0905. The van der Waals surface area contributed by atoms with E-state index in [0.29, 0.717) is 38.4 Å². The van der Waals surface area contributed by atoms with Crippen LogP contribution in [0, 0.1) is 0 Å². The molecule has 0 spiro atoms. The molecule has 0 aliphatic carbocycles. The molecule has 1 aromatic heterocycles. The third-order valence-electron chi connectivity index (χ3n) is 3.33. The summed E-state index contributed by atoms with van der Waals surface area (Å²) in [5.74, 6) is 0.615. The van der Waals surface area contributed by atoms with E-state index >= 15 is 0 Å². The number of aromatic nitrogens is 2. The number of aryl methyl sites for hydroxylation is 1. The van der Waals surface area contributed by atoms with E-state index in [2.05, 4.69) is 10.4 Å². The number of rotatable bonds is 3. The SMILES string of the molecule is Cn1nccc1NC(=O)N1CCCN(CC(F)F)CC1. The van der Waals surface area contributed by atoms with Crippen molar-refractivity contribution >= 4 is 11.8 Å². The number of alkyl halides is 2. The van der Waals surface area contributed by atoms with Gasteiger partial charge in [0.2, 0.25) is 0 Å². The van der Waals surface area contributed by atoms with E-state index in [0.717, 1.165) is 0 Å². The molecule has 1 fully saturated rings. The average molecular weight is 287 g/mol. The van der Waals surface area contributed by atoms with Gasteiger partial charge in [0.05, 0.1) is 12.7 Å². The normalized spacial score (nSPS) is 17.3. The number of halogens is 2. The summed E-state index contributed by atoms with van der Waals surface area (Å²) >= 11 is 0. The Morgan fingerprint density at radius 3 is 2.85 bits per heavy atom. The number of urea groups is 1. The van der Waals surface area contributed by atoms with E-state index in [9.17, 15) is 13.6 Å². The summed E-state index contributed by atoms with van der Waals surface area (Å²) < 4.78 is 26.3. The van der Waals surface area contributed by atoms with Crippen molar-refractivity contribution in [2.24, 2.45) is 7.05 Å². The number of carbonyl (C=O) groups excluding carboxylic acids is 1. The van der Waals surface area contributed by atoms with Gasteiger partial charge in [0.15, 0.2) is 0 Å². The third kappa shape index (κ3) is 3.89. The average Bonchev–Trinajstić information content (AvgIpc) is 2.64. The van der Waals surface area contributed by atoms with Crippen LogP contribution in [0.5, 0.6) is 0 Å². The predicted octanol–water partition coefficient (Wildman–Crippen LogP) is 1.22. The summed E-state index contributed by atoms with van der Waals surface area (Å²) in [5, 5.41) is 6.73. The minimum atomic E-state index is -2.33. The fourth-order valence-electron chi connectivity index (χ4n) is 2.24. The summed E-state index contributed by atoms with van der Waals surface area (Å²) in [6.45, 7) is 1.87. The Labute approximate surface area is 116 Å². The number of carbonyl (C=O) groups is 1. The summed E-state index contributed by atoms with van der Waals surface area (Å²) in [4.78, 5) is 15.5. The van der Waals surface area contributed by atoms with Crippen LogP contribution in [0.2, 0.25) is 0 Å². The first-order valence-corrected chi connectivity index (χ1v) is 6.60. The standard InChI is InChI=1S/C12H19F2N5O/c1-17-11(3-4-15-17)16-12(20)19-6-2-5-18(7-8-19)9-10(13)14/h3-4,10H,2,5-9H2,1H3,(H,16,20). The van der Waals surface area contributed by atoms with E-state index in [1.165, 1.54) is 0 Å². The molecule has 0 radical (unpaired) electrons. The van der Waals surface area contributed by atoms with Crippen LogP contribution >= 0.6 is 0 Å². The second-order valence-electron chi connectivity index (χ2n) is 4.80. The molecule has 2 amide bonds. The van der Waals surface area contributed by atoms with Crippen molar-refractivity contribution in [2.75, 3.05) is 38.0 Å². The van der Waals surface area contributed by atoms with Gasteiger partial charge in [0.25, 0.3) is 6.43 Å². The molecule has 8 heteroatoms. The second kappa shape index (κ2) is 6.65. The highest BCUT2D eigenvalue weighted by Crippen LogP contribution is 2.09. The Morgan fingerprint density at radius 1 is 1.40 bits per heavy atom. The summed E-state index contributed by atoms with van der Waals surface area (Å²) in [6.07, 6.45) is -0.0293. The number of hydrogen-bond acceptors (Lipinski definition) is 3. The minimum absolute atomic E-state index is 0.215. The molecule has 2 rings (SSSR count). The molecule has 0 unspecified atom stereocenters. The van der Waals surface area contributed by atoms with Gasteiger partial charge in [-0.15, -0.1) is 0 Å². The molecule has 1 aliphatic rings. The number of hydrogen-bond donors (Lipinski definition) is 1. The molecule has 0 bridgehead atoms. The van der Waals surface area contributed by atoms with Crippen LogP contribution in [0.25, 0.3) is 0 Å². The molecular weight excluding hydrogens is 268 g/mol. The predicted molar refractivity (Wildman–Crippen MR) is 70.9 cm³/mol. The Bertz CT molecular complexity index is 451. The number of anilines is 1. The van der Waals surface area contributed by atoms with Gasteiger partial charge in [-0.05, 0) is 6.42 Å². The first-order chi connectivity index (χ1) is 9.56. The Kier molecular flexibility index (Phi) is 4.89. The molecular formula is C12H19F2N5O. The van der Waals surface area contributed by atoms with Gasteiger partial charge < -0.3 is 4.90 Å². The lowest BCUT2D eigenvalue weighted by Crippen LogP contribution is -2.39. The zero-order valence-electron chi connectivity index (χ0n) is 11.4. The summed E-state index contributed by atoms with van der Waals surface area (Å²) in [6, 6.07) is 1.49. The summed E-state index contributed by atoms with van der Waals surface area (Å²) in [5.41, 5.74) is 0. The van der Waals surface area contributed by atoms with Crippen LogP contribution in [-0.2, 0) is 7.05 Å². The lowest BCUT2D eigenvalue weighted by atomic mass is 10.4. The van der Waals surface area contributed by atoms with E-state index in [-0.39, 0.29) is 12.6 Å². The fraction of sp³-hybridized carbons (Fsp3) is 0.667. The van der Waals surface area contributed by atoms with E-state index in [4.69, 9.17) is 0 Å². The van der Waals surface area contributed by atoms with Crippen molar-refractivity contribution < 1.29 is 13.6 Å². The van der Waals surface area contributed by atoms with E-state index < -0.39 is 6.43 Å². The topological polar surface area (TPSA) is 53.4 Å². The highest BCUT2D eigenvalue weighted by atomic mass is 19.3. The van der Waals surface area contributed by atoms with Gasteiger partial charge in [-0.2, -0.15) is 5.10 Å². The molecule has 1 aliphatic heterocycles. The fourth-order valence-corrected chi connectivity index (χ4v) is 2.24. The van der Waals surface area contributed by atoms with Gasteiger partial charge >= 0.3 is 6.03 Å². The van der Waals surface area contributed by atoms with Crippen LogP contribution in [-0.4, -0.2) is 64.8 Å². The van der Waals surface area contributed by atoms with Crippen LogP contribution in [0.4, 0.5) is 19.4 Å². The van der Waals surface area contributed by atoms with Crippen LogP contribution in [0.1, 0.15) is 6.42 Å². The van der Waals surface area contributed by atoms with Gasteiger partial charge in [-0.3, -0.25) is 14.9 Å². The van der Waals surface area contributed by atoms with E-state index in [1.54, 1.807) is 33.8 Å². The quantitative estimate of drug-likeness (QED) is 0.909. The Hall–Kier alpha value is -1.70. The molecule has 1 saturated heterocycles. The maximum absolute atomic E-state index is 12.4. The van der Waals surface area contributed by atoms with Crippen molar-refractivity contribution in [3.63, 3.8) is 0 Å². The molecule has 1 N–H and O–H groups in total. The third-order valence-corrected chi connectivity index (χ3v) is 3.33. The molecule has 1 aromatic rings. The zero-order valence-corrected chi connectivity index (χ0v) is 11.4.